The molecule has 1 saturated heterocycles. The molecule has 35 heavy (non-hydrogen) atoms. The van der Waals surface area contributed by atoms with Crippen molar-refractivity contribution in [1.29, 1.82) is 0 Å². The third-order valence-electron chi connectivity index (χ3n) is 6.21. The van der Waals surface area contributed by atoms with Gasteiger partial charge in [-0.05, 0) is 22.8 Å². The molecular formula is C29H32N4O2. The summed E-state index contributed by atoms with van der Waals surface area (Å²) in [5.41, 5.74) is 8.46. The Hall–Kier alpha value is -3.74. The molecule has 1 aliphatic heterocycles. The van der Waals surface area contributed by atoms with E-state index in [1.165, 1.54) is 17.2 Å². The van der Waals surface area contributed by atoms with Crippen molar-refractivity contribution < 1.29 is 9.59 Å². The van der Waals surface area contributed by atoms with Crippen LogP contribution in [0.5, 0.6) is 0 Å². The van der Waals surface area contributed by atoms with E-state index in [9.17, 15) is 9.59 Å². The van der Waals surface area contributed by atoms with Gasteiger partial charge >= 0.3 is 0 Å². The number of hydrazine groups is 1. The van der Waals surface area contributed by atoms with Crippen LogP contribution in [-0.2, 0) is 9.59 Å². The lowest BCUT2D eigenvalue weighted by molar-refractivity contribution is -0.127. The minimum atomic E-state index is -0.358. The predicted octanol–water partition coefficient (Wildman–Crippen LogP) is 3.64. The van der Waals surface area contributed by atoms with Gasteiger partial charge in [-0.3, -0.25) is 25.3 Å². The Morgan fingerprint density at radius 1 is 0.743 bits per heavy atom. The van der Waals surface area contributed by atoms with Gasteiger partial charge in [-0.25, -0.2) is 0 Å². The Morgan fingerprint density at radius 3 is 1.86 bits per heavy atom. The average Bonchev–Trinajstić information content (AvgIpc) is 2.92. The molecule has 0 radical (unpaired) electrons. The Bertz CT molecular complexity index is 1060. The molecule has 6 heteroatoms. The van der Waals surface area contributed by atoms with Crippen LogP contribution in [0.1, 0.15) is 29.2 Å². The maximum atomic E-state index is 12.2. The van der Waals surface area contributed by atoms with Crippen LogP contribution in [0.4, 0.5) is 0 Å². The Balaban J connectivity index is 1.22. The zero-order valence-electron chi connectivity index (χ0n) is 19.8. The quantitative estimate of drug-likeness (QED) is 0.391. The van der Waals surface area contributed by atoms with Crippen molar-refractivity contribution in [2.75, 3.05) is 32.7 Å². The lowest BCUT2D eigenvalue weighted by atomic mass is 9.96. The lowest BCUT2D eigenvalue weighted by Gasteiger charge is -2.39. The average molecular weight is 469 g/mol. The molecule has 0 spiro atoms. The highest BCUT2D eigenvalue weighted by atomic mass is 16.2. The summed E-state index contributed by atoms with van der Waals surface area (Å²) in [7, 11) is 0. The number of carbonyl (C=O) groups is 2. The molecule has 180 valence electrons. The first-order chi connectivity index (χ1) is 17.2. The Labute approximate surface area is 207 Å². The molecule has 2 N–H and O–H groups in total. The number of piperazine rings is 1. The highest BCUT2D eigenvalue weighted by molar-refractivity contribution is 5.93. The van der Waals surface area contributed by atoms with Crippen LogP contribution in [0, 0.1) is 0 Å². The van der Waals surface area contributed by atoms with Crippen molar-refractivity contribution in [2.45, 2.75) is 12.5 Å². The van der Waals surface area contributed by atoms with Crippen LogP contribution < -0.4 is 10.9 Å². The SMILES string of the molecule is O=C(C=Cc1ccccc1)NNC(=O)CCN1CCN(C(c2ccccc2)c2ccccc2)CC1. The third-order valence-corrected chi connectivity index (χ3v) is 6.21. The van der Waals surface area contributed by atoms with Crippen molar-refractivity contribution in [3.8, 4) is 0 Å². The largest absolute Gasteiger partial charge is 0.300 e. The minimum Gasteiger partial charge on any atom is -0.300 e. The molecule has 0 bridgehead atoms. The smallest absolute Gasteiger partial charge is 0.262 e. The second-order valence-electron chi connectivity index (χ2n) is 8.63. The lowest BCUT2D eigenvalue weighted by Crippen LogP contribution is -2.49. The molecule has 1 fully saturated rings. The zero-order chi connectivity index (χ0) is 24.3. The summed E-state index contributed by atoms with van der Waals surface area (Å²) in [5, 5.41) is 0. The summed E-state index contributed by atoms with van der Waals surface area (Å²) >= 11 is 0. The summed E-state index contributed by atoms with van der Waals surface area (Å²) < 4.78 is 0. The number of carbonyl (C=O) groups excluding carboxylic acids is 2. The van der Waals surface area contributed by atoms with Gasteiger partial charge in [-0.1, -0.05) is 91.0 Å². The maximum Gasteiger partial charge on any atom is 0.262 e. The molecule has 0 aliphatic carbocycles. The van der Waals surface area contributed by atoms with E-state index < -0.39 is 0 Å². The van der Waals surface area contributed by atoms with Crippen molar-refractivity contribution in [3.63, 3.8) is 0 Å². The maximum absolute atomic E-state index is 12.2. The molecule has 0 unspecified atom stereocenters. The van der Waals surface area contributed by atoms with Crippen LogP contribution in [-0.4, -0.2) is 54.3 Å². The van der Waals surface area contributed by atoms with E-state index in [2.05, 4.69) is 81.3 Å². The van der Waals surface area contributed by atoms with Crippen LogP contribution in [0.15, 0.2) is 97.1 Å². The van der Waals surface area contributed by atoms with Gasteiger partial charge in [0, 0.05) is 45.2 Å². The van der Waals surface area contributed by atoms with Crippen LogP contribution in [0.3, 0.4) is 0 Å². The number of nitrogens with zero attached hydrogens (tertiary/aromatic N) is 2. The highest BCUT2D eigenvalue weighted by Crippen LogP contribution is 2.29. The molecule has 0 aromatic heterocycles. The van der Waals surface area contributed by atoms with Gasteiger partial charge in [0.25, 0.3) is 5.91 Å². The molecule has 4 rings (SSSR count). The first kappa shape index (κ1) is 24.4. The third kappa shape index (κ3) is 7.37. The molecule has 3 aromatic rings. The Morgan fingerprint density at radius 2 is 1.29 bits per heavy atom. The summed E-state index contributed by atoms with van der Waals surface area (Å²) in [6.07, 6.45) is 3.45. The monoisotopic (exact) mass is 468 g/mol. The standard InChI is InChI=1S/C29H32N4O2/c34-27(17-16-24-10-4-1-5-11-24)30-31-28(35)18-19-32-20-22-33(23-21-32)29(25-12-6-2-7-13-25)26-14-8-3-9-15-26/h1-17,29H,18-23H2,(H,30,34)(H,31,35). The first-order valence-corrected chi connectivity index (χ1v) is 12.1. The van der Waals surface area contributed by atoms with Crippen molar-refractivity contribution >= 4 is 17.9 Å². The van der Waals surface area contributed by atoms with E-state index >= 15 is 0 Å². The summed E-state index contributed by atoms with van der Waals surface area (Å²) in [6, 6.07) is 31.0. The van der Waals surface area contributed by atoms with Crippen molar-refractivity contribution in [3.05, 3.63) is 114 Å². The first-order valence-electron chi connectivity index (χ1n) is 12.1. The summed E-state index contributed by atoms with van der Waals surface area (Å²) in [4.78, 5) is 29.0. The molecule has 2 amide bonds. The van der Waals surface area contributed by atoms with Gasteiger partial charge in [-0.2, -0.15) is 0 Å². The minimum absolute atomic E-state index is 0.194. The number of hydrogen-bond donors (Lipinski definition) is 2. The van der Waals surface area contributed by atoms with Gasteiger partial charge in [0.2, 0.25) is 5.91 Å². The predicted molar refractivity (Wildman–Crippen MR) is 139 cm³/mol. The zero-order valence-corrected chi connectivity index (χ0v) is 19.8. The molecule has 1 heterocycles. The molecule has 3 aromatic carbocycles. The normalized spacial score (nSPS) is 14.8. The second-order valence-corrected chi connectivity index (χ2v) is 8.63. The van der Waals surface area contributed by atoms with E-state index in [4.69, 9.17) is 0 Å². The van der Waals surface area contributed by atoms with E-state index in [1.54, 1.807) is 6.08 Å². The van der Waals surface area contributed by atoms with Crippen LogP contribution in [0.25, 0.3) is 6.08 Å². The van der Waals surface area contributed by atoms with Crippen molar-refractivity contribution in [1.82, 2.24) is 20.7 Å². The molecule has 0 saturated carbocycles. The summed E-state index contributed by atoms with van der Waals surface area (Å²) in [6.45, 7) is 4.32. The number of nitrogens with one attached hydrogen (secondary N) is 2. The second kappa shape index (κ2) is 12.6. The van der Waals surface area contributed by atoms with Gasteiger partial charge in [-0.15, -0.1) is 0 Å². The van der Waals surface area contributed by atoms with Crippen LogP contribution in [0.2, 0.25) is 0 Å². The van der Waals surface area contributed by atoms with Crippen molar-refractivity contribution in [2.24, 2.45) is 0 Å². The van der Waals surface area contributed by atoms with Gasteiger partial charge in [0.05, 0.1) is 6.04 Å². The Kier molecular flexibility index (Phi) is 8.81. The number of benzene rings is 3. The number of hydrogen-bond acceptors (Lipinski definition) is 4. The van der Waals surface area contributed by atoms with E-state index in [1.807, 2.05) is 30.3 Å². The highest BCUT2D eigenvalue weighted by Gasteiger charge is 2.26. The number of amides is 2. The van der Waals surface area contributed by atoms with E-state index in [-0.39, 0.29) is 17.9 Å². The van der Waals surface area contributed by atoms with Gasteiger partial charge in [0.15, 0.2) is 0 Å². The summed E-state index contributed by atoms with van der Waals surface area (Å²) in [5.74, 6) is -0.552. The van der Waals surface area contributed by atoms with Gasteiger partial charge < -0.3 is 4.90 Å². The molecule has 1 aliphatic rings. The fraction of sp³-hybridized carbons (Fsp3) is 0.241. The topological polar surface area (TPSA) is 64.7 Å². The number of rotatable bonds is 8. The fourth-order valence-electron chi connectivity index (χ4n) is 4.36. The van der Waals surface area contributed by atoms with E-state index in [0.717, 1.165) is 31.7 Å². The van der Waals surface area contributed by atoms with E-state index in [0.29, 0.717) is 13.0 Å². The van der Waals surface area contributed by atoms with Crippen LogP contribution >= 0.6 is 0 Å². The fourth-order valence-corrected chi connectivity index (χ4v) is 4.36. The molecular weight excluding hydrogens is 436 g/mol. The van der Waals surface area contributed by atoms with Gasteiger partial charge in [0.1, 0.15) is 0 Å². The molecule has 6 nitrogen and oxygen atoms in total. The molecule has 0 atom stereocenters.